The summed E-state index contributed by atoms with van der Waals surface area (Å²) in [6.45, 7) is 2.83. The summed E-state index contributed by atoms with van der Waals surface area (Å²) >= 11 is 1.45. The molecular formula is C29H33FN2O3S. The molecule has 1 atom stereocenters. The topological polar surface area (TPSA) is 58.6 Å². The van der Waals surface area contributed by atoms with Crippen LogP contribution >= 0.6 is 11.8 Å². The van der Waals surface area contributed by atoms with Gasteiger partial charge in [-0.1, -0.05) is 61.5 Å². The molecule has 0 fully saturated rings. The number of carbonyl (C=O) groups excluding carboxylic acids is 2. The fraction of sp³-hybridized carbons (Fsp3) is 0.310. The Morgan fingerprint density at radius 3 is 2.39 bits per heavy atom. The van der Waals surface area contributed by atoms with Gasteiger partial charge in [0.15, 0.2) is 0 Å². The Bertz CT molecular complexity index is 1110. The minimum absolute atomic E-state index is 0.127. The van der Waals surface area contributed by atoms with E-state index in [-0.39, 0.29) is 29.9 Å². The average molecular weight is 509 g/mol. The Kier molecular flexibility index (Phi) is 10.8. The number of methoxy groups -OCH3 is 1. The van der Waals surface area contributed by atoms with Gasteiger partial charge in [0.1, 0.15) is 17.6 Å². The second-order valence-corrected chi connectivity index (χ2v) is 9.47. The van der Waals surface area contributed by atoms with Gasteiger partial charge >= 0.3 is 0 Å². The number of rotatable bonds is 13. The highest BCUT2D eigenvalue weighted by Gasteiger charge is 2.30. The van der Waals surface area contributed by atoms with Crippen LogP contribution in [0, 0.1) is 5.82 Å². The van der Waals surface area contributed by atoms with E-state index in [9.17, 15) is 14.0 Å². The molecule has 0 spiro atoms. The normalized spacial score (nSPS) is 11.5. The second kappa shape index (κ2) is 14.3. The zero-order valence-corrected chi connectivity index (χ0v) is 21.6. The van der Waals surface area contributed by atoms with Crippen molar-refractivity contribution in [3.05, 3.63) is 101 Å². The van der Waals surface area contributed by atoms with Crippen molar-refractivity contribution in [2.24, 2.45) is 0 Å². The lowest BCUT2D eigenvalue weighted by atomic mass is 10.0. The van der Waals surface area contributed by atoms with E-state index in [1.165, 1.54) is 23.9 Å². The molecule has 2 amide bonds. The summed E-state index contributed by atoms with van der Waals surface area (Å²) in [5, 5.41) is 2.98. The smallest absolute Gasteiger partial charge is 0.243 e. The van der Waals surface area contributed by atoms with E-state index in [1.807, 2.05) is 61.5 Å². The van der Waals surface area contributed by atoms with Gasteiger partial charge in [-0.25, -0.2) is 4.39 Å². The third-order valence-corrected chi connectivity index (χ3v) is 6.70. The van der Waals surface area contributed by atoms with E-state index in [0.29, 0.717) is 24.5 Å². The fourth-order valence-corrected chi connectivity index (χ4v) is 4.68. The number of halogens is 1. The first-order chi connectivity index (χ1) is 17.5. The number of nitrogens with one attached hydrogen (secondary N) is 1. The first-order valence-corrected chi connectivity index (χ1v) is 13.2. The molecular weight excluding hydrogens is 475 g/mol. The molecule has 3 aromatic carbocycles. The lowest BCUT2D eigenvalue weighted by molar-refractivity contribution is -0.139. The Morgan fingerprint density at radius 2 is 1.69 bits per heavy atom. The Morgan fingerprint density at radius 1 is 0.972 bits per heavy atom. The van der Waals surface area contributed by atoms with Crippen molar-refractivity contribution < 1.29 is 18.7 Å². The maximum atomic E-state index is 13.6. The summed E-state index contributed by atoms with van der Waals surface area (Å²) in [5.41, 5.74) is 2.80. The van der Waals surface area contributed by atoms with E-state index in [0.717, 1.165) is 23.1 Å². The van der Waals surface area contributed by atoms with Crippen LogP contribution in [0.5, 0.6) is 5.75 Å². The largest absolute Gasteiger partial charge is 0.497 e. The van der Waals surface area contributed by atoms with E-state index < -0.39 is 6.04 Å². The van der Waals surface area contributed by atoms with Gasteiger partial charge in [0.05, 0.1) is 12.9 Å². The van der Waals surface area contributed by atoms with Crippen LogP contribution in [0.4, 0.5) is 4.39 Å². The molecule has 0 bridgehead atoms. The third-order valence-electron chi connectivity index (χ3n) is 5.71. The molecule has 0 saturated heterocycles. The summed E-state index contributed by atoms with van der Waals surface area (Å²) in [5.74, 6) is 0.891. The third kappa shape index (κ3) is 8.41. The van der Waals surface area contributed by atoms with Crippen molar-refractivity contribution in [2.75, 3.05) is 19.4 Å². The standard InChI is InChI=1S/C29H33FN2O3S/c1-3-16-31-29(34)27(18-22-8-5-4-6-9-22)32(19-24-10-7-11-26(17-24)35-2)28(33)21-36-20-23-12-14-25(30)15-13-23/h4-15,17,27H,3,16,18-21H2,1-2H3,(H,31,34)/t27-/m1/s1. The van der Waals surface area contributed by atoms with Gasteiger partial charge in [0.25, 0.3) is 0 Å². The van der Waals surface area contributed by atoms with E-state index in [2.05, 4.69) is 5.32 Å². The van der Waals surface area contributed by atoms with Crippen LogP contribution in [0.25, 0.3) is 0 Å². The summed E-state index contributed by atoms with van der Waals surface area (Å²) in [7, 11) is 1.60. The van der Waals surface area contributed by atoms with Crippen LogP contribution in [0.2, 0.25) is 0 Å². The minimum Gasteiger partial charge on any atom is -0.497 e. The molecule has 3 rings (SSSR count). The van der Waals surface area contributed by atoms with Crippen molar-refractivity contribution >= 4 is 23.6 Å². The fourth-order valence-electron chi connectivity index (χ4n) is 3.81. The maximum absolute atomic E-state index is 13.6. The molecule has 3 aromatic rings. The highest BCUT2D eigenvalue weighted by molar-refractivity contribution is 7.99. The lowest BCUT2D eigenvalue weighted by Crippen LogP contribution is -2.51. The molecule has 0 aromatic heterocycles. The SMILES string of the molecule is CCCNC(=O)[C@@H](Cc1ccccc1)N(Cc1cccc(OC)c1)C(=O)CSCc1ccc(F)cc1. The first kappa shape index (κ1) is 27.3. The number of benzene rings is 3. The predicted octanol–water partition coefficient (Wildman–Crippen LogP) is 5.23. The molecule has 0 saturated carbocycles. The molecule has 0 unspecified atom stereocenters. The van der Waals surface area contributed by atoms with Gasteiger partial charge in [-0.05, 0) is 47.4 Å². The zero-order chi connectivity index (χ0) is 25.8. The molecule has 7 heteroatoms. The molecule has 0 heterocycles. The average Bonchev–Trinajstić information content (AvgIpc) is 2.91. The predicted molar refractivity (Wildman–Crippen MR) is 143 cm³/mol. The monoisotopic (exact) mass is 508 g/mol. The molecule has 0 aliphatic carbocycles. The van der Waals surface area contributed by atoms with Crippen molar-refractivity contribution in [3.63, 3.8) is 0 Å². The van der Waals surface area contributed by atoms with Crippen LogP contribution in [0.3, 0.4) is 0 Å². The number of carbonyl (C=O) groups is 2. The van der Waals surface area contributed by atoms with Crippen molar-refractivity contribution in [3.8, 4) is 5.75 Å². The molecule has 1 N–H and O–H groups in total. The summed E-state index contributed by atoms with van der Waals surface area (Å²) < 4.78 is 18.6. The molecule has 0 aliphatic rings. The first-order valence-electron chi connectivity index (χ1n) is 12.1. The number of thioether (sulfide) groups is 1. The summed E-state index contributed by atoms with van der Waals surface area (Å²) in [6, 6.07) is 22.9. The lowest BCUT2D eigenvalue weighted by Gasteiger charge is -2.31. The summed E-state index contributed by atoms with van der Waals surface area (Å²) in [6.07, 6.45) is 1.22. The molecule has 36 heavy (non-hydrogen) atoms. The number of ether oxygens (including phenoxy) is 1. The number of hydrogen-bond acceptors (Lipinski definition) is 4. The van der Waals surface area contributed by atoms with Gasteiger partial charge in [-0.3, -0.25) is 9.59 Å². The maximum Gasteiger partial charge on any atom is 0.243 e. The van der Waals surface area contributed by atoms with Crippen molar-refractivity contribution in [2.45, 2.75) is 38.1 Å². The van der Waals surface area contributed by atoms with Gasteiger partial charge in [0.2, 0.25) is 11.8 Å². The highest BCUT2D eigenvalue weighted by atomic mass is 32.2. The molecule has 190 valence electrons. The molecule has 5 nitrogen and oxygen atoms in total. The van der Waals surface area contributed by atoms with E-state index in [1.54, 1.807) is 24.1 Å². The second-order valence-electron chi connectivity index (χ2n) is 8.49. The quantitative estimate of drug-likeness (QED) is 0.343. The molecule has 0 aliphatic heterocycles. The Hall–Kier alpha value is -3.32. The summed E-state index contributed by atoms with van der Waals surface area (Å²) in [4.78, 5) is 28.6. The zero-order valence-electron chi connectivity index (χ0n) is 20.8. The van der Waals surface area contributed by atoms with Crippen molar-refractivity contribution in [1.29, 1.82) is 0 Å². The van der Waals surface area contributed by atoms with Crippen LogP contribution in [0.15, 0.2) is 78.9 Å². The van der Waals surface area contributed by atoms with Gasteiger partial charge < -0.3 is 15.0 Å². The van der Waals surface area contributed by atoms with E-state index >= 15 is 0 Å². The van der Waals surface area contributed by atoms with Crippen LogP contribution < -0.4 is 10.1 Å². The Balaban J connectivity index is 1.84. The Labute approximate surface area is 217 Å². The number of nitrogens with zero attached hydrogens (tertiary/aromatic N) is 1. The van der Waals surface area contributed by atoms with Crippen LogP contribution in [0.1, 0.15) is 30.0 Å². The van der Waals surface area contributed by atoms with Gasteiger partial charge in [-0.15, -0.1) is 11.8 Å². The van der Waals surface area contributed by atoms with Gasteiger partial charge in [-0.2, -0.15) is 0 Å². The number of hydrogen-bond donors (Lipinski definition) is 1. The van der Waals surface area contributed by atoms with Crippen molar-refractivity contribution in [1.82, 2.24) is 10.2 Å². The number of amides is 2. The van der Waals surface area contributed by atoms with Crippen LogP contribution in [-0.2, 0) is 28.3 Å². The minimum atomic E-state index is -0.663. The van der Waals surface area contributed by atoms with Crippen LogP contribution in [-0.4, -0.2) is 42.2 Å². The van der Waals surface area contributed by atoms with E-state index in [4.69, 9.17) is 4.74 Å². The molecule has 0 radical (unpaired) electrons. The highest BCUT2D eigenvalue weighted by Crippen LogP contribution is 2.20. The van der Waals surface area contributed by atoms with Gasteiger partial charge in [0, 0.05) is 25.3 Å².